The minimum atomic E-state index is -0.416. The van der Waals surface area contributed by atoms with Crippen molar-refractivity contribution in [1.29, 1.82) is 0 Å². The van der Waals surface area contributed by atoms with E-state index in [0.717, 1.165) is 24.1 Å². The minimum absolute atomic E-state index is 0.0279. The number of nitro benzene ring substituents is 1. The maximum atomic E-state index is 12.0. The second kappa shape index (κ2) is 7.49. The van der Waals surface area contributed by atoms with Crippen LogP contribution in [0.5, 0.6) is 0 Å². The van der Waals surface area contributed by atoms with E-state index in [9.17, 15) is 14.9 Å². The van der Waals surface area contributed by atoms with Crippen molar-refractivity contribution < 1.29 is 9.72 Å². The fourth-order valence-corrected chi connectivity index (χ4v) is 3.61. The van der Waals surface area contributed by atoms with Crippen LogP contribution in [0.25, 0.3) is 0 Å². The summed E-state index contributed by atoms with van der Waals surface area (Å²) < 4.78 is 0. The SMILES string of the molecule is O=C(CSCc1ccc([N+](=O)[O-])cc1)Nc1ccc2c(c1)CCC2. The van der Waals surface area contributed by atoms with Crippen LogP contribution in [0.4, 0.5) is 11.4 Å². The van der Waals surface area contributed by atoms with Crippen LogP contribution < -0.4 is 5.32 Å². The predicted octanol–water partition coefficient (Wildman–Crippen LogP) is 3.96. The molecule has 0 spiro atoms. The van der Waals surface area contributed by atoms with Crippen molar-refractivity contribution in [2.24, 2.45) is 0 Å². The van der Waals surface area contributed by atoms with E-state index in [1.807, 2.05) is 6.07 Å². The van der Waals surface area contributed by atoms with E-state index < -0.39 is 4.92 Å². The molecule has 0 saturated heterocycles. The number of nitro groups is 1. The van der Waals surface area contributed by atoms with E-state index in [2.05, 4.69) is 17.4 Å². The Kier molecular flexibility index (Phi) is 5.15. The second-order valence-electron chi connectivity index (χ2n) is 5.80. The van der Waals surface area contributed by atoms with Crippen LogP contribution in [0, 0.1) is 10.1 Å². The molecule has 0 fully saturated rings. The van der Waals surface area contributed by atoms with Gasteiger partial charge in [0.25, 0.3) is 5.69 Å². The molecule has 1 amide bonds. The van der Waals surface area contributed by atoms with Gasteiger partial charge in [0.1, 0.15) is 0 Å². The van der Waals surface area contributed by atoms with Gasteiger partial charge in [0.05, 0.1) is 10.7 Å². The Morgan fingerprint density at radius 1 is 1.12 bits per heavy atom. The van der Waals surface area contributed by atoms with E-state index >= 15 is 0 Å². The average molecular weight is 342 g/mol. The number of benzene rings is 2. The van der Waals surface area contributed by atoms with Gasteiger partial charge < -0.3 is 5.32 Å². The van der Waals surface area contributed by atoms with Crippen molar-refractivity contribution in [3.63, 3.8) is 0 Å². The van der Waals surface area contributed by atoms with E-state index in [4.69, 9.17) is 0 Å². The molecule has 0 unspecified atom stereocenters. The van der Waals surface area contributed by atoms with Crippen molar-refractivity contribution in [3.8, 4) is 0 Å². The van der Waals surface area contributed by atoms with Gasteiger partial charge in [-0.1, -0.05) is 18.2 Å². The first-order valence-corrected chi connectivity index (χ1v) is 9.00. The van der Waals surface area contributed by atoms with Gasteiger partial charge in [-0.05, 0) is 48.1 Å². The lowest BCUT2D eigenvalue weighted by molar-refractivity contribution is -0.384. The third-order valence-corrected chi connectivity index (χ3v) is 5.04. The average Bonchev–Trinajstić information content (AvgIpc) is 3.03. The summed E-state index contributed by atoms with van der Waals surface area (Å²) in [5.74, 6) is 0.976. The minimum Gasteiger partial charge on any atom is -0.325 e. The maximum Gasteiger partial charge on any atom is 0.269 e. The van der Waals surface area contributed by atoms with E-state index in [-0.39, 0.29) is 11.6 Å². The number of thioether (sulfide) groups is 1. The van der Waals surface area contributed by atoms with Gasteiger partial charge in [0.15, 0.2) is 0 Å². The molecule has 0 heterocycles. The number of amides is 1. The number of rotatable bonds is 6. The number of hydrogen-bond acceptors (Lipinski definition) is 4. The Morgan fingerprint density at radius 2 is 1.88 bits per heavy atom. The molecular formula is C18H18N2O3S. The van der Waals surface area contributed by atoms with Crippen molar-refractivity contribution in [3.05, 3.63) is 69.3 Å². The van der Waals surface area contributed by atoms with E-state index in [1.165, 1.54) is 41.4 Å². The number of anilines is 1. The molecule has 0 radical (unpaired) electrons. The van der Waals surface area contributed by atoms with Gasteiger partial charge in [0.2, 0.25) is 5.91 Å². The molecule has 1 aliphatic rings. The molecule has 2 aromatic carbocycles. The zero-order valence-corrected chi connectivity index (χ0v) is 14.0. The lowest BCUT2D eigenvalue weighted by atomic mass is 10.1. The molecule has 124 valence electrons. The van der Waals surface area contributed by atoms with Crippen LogP contribution in [-0.4, -0.2) is 16.6 Å². The molecule has 0 bridgehead atoms. The van der Waals surface area contributed by atoms with Crippen molar-refractivity contribution in [2.75, 3.05) is 11.1 Å². The van der Waals surface area contributed by atoms with Gasteiger partial charge in [0, 0.05) is 23.6 Å². The summed E-state index contributed by atoms with van der Waals surface area (Å²) in [6.45, 7) is 0. The number of fused-ring (bicyclic) bond motifs is 1. The molecule has 1 aliphatic carbocycles. The Balaban J connectivity index is 1.46. The zero-order chi connectivity index (χ0) is 16.9. The van der Waals surface area contributed by atoms with Crippen LogP contribution in [-0.2, 0) is 23.4 Å². The summed E-state index contributed by atoms with van der Waals surface area (Å²) in [6, 6.07) is 12.6. The molecule has 2 aromatic rings. The lowest BCUT2D eigenvalue weighted by Crippen LogP contribution is -2.14. The third kappa shape index (κ3) is 4.14. The van der Waals surface area contributed by atoms with Crippen LogP contribution >= 0.6 is 11.8 Å². The number of nitrogens with zero attached hydrogens (tertiary/aromatic N) is 1. The predicted molar refractivity (Wildman–Crippen MR) is 96.4 cm³/mol. The first-order chi connectivity index (χ1) is 11.6. The van der Waals surface area contributed by atoms with Gasteiger partial charge in [-0.3, -0.25) is 14.9 Å². The molecule has 0 aromatic heterocycles. The first-order valence-electron chi connectivity index (χ1n) is 7.84. The highest BCUT2D eigenvalue weighted by Crippen LogP contribution is 2.25. The summed E-state index contributed by atoms with van der Waals surface area (Å²) in [4.78, 5) is 22.2. The molecule has 24 heavy (non-hydrogen) atoms. The zero-order valence-electron chi connectivity index (χ0n) is 13.2. The number of non-ortho nitro benzene ring substituents is 1. The van der Waals surface area contributed by atoms with Crippen LogP contribution in [0.3, 0.4) is 0 Å². The van der Waals surface area contributed by atoms with E-state index in [1.54, 1.807) is 12.1 Å². The Hall–Kier alpha value is -2.34. The quantitative estimate of drug-likeness (QED) is 0.637. The molecule has 0 atom stereocenters. The molecule has 6 heteroatoms. The number of carbonyl (C=O) groups is 1. The molecule has 5 nitrogen and oxygen atoms in total. The summed E-state index contributed by atoms with van der Waals surface area (Å²) in [7, 11) is 0. The Bertz CT molecular complexity index is 759. The number of nitrogens with one attached hydrogen (secondary N) is 1. The highest BCUT2D eigenvalue weighted by Gasteiger charge is 2.12. The monoisotopic (exact) mass is 342 g/mol. The highest BCUT2D eigenvalue weighted by molar-refractivity contribution is 7.99. The molecule has 1 N–H and O–H groups in total. The van der Waals surface area contributed by atoms with Crippen molar-refractivity contribution >= 4 is 29.0 Å². The Morgan fingerprint density at radius 3 is 2.62 bits per heavy atom. The van der Waals surface area contributed by atoms with Gasteiger partial charge in [-0.15, -0.1) is 11.8 Å². The standard InChI is InChI=1S/C18H18N2O3S/c21-18(19-16-7-6-14-2-1-3-15(14)10-16)12-24-11-13-4-8-17(9-5-13)20(22)23/h4-10H,1-3,11-12H2,(H,19,21). The van der Waals surface area contributed by atoms with Crippen molar-refractivity contribution in [1.82, 2.24) is 0 Å². The summed E-state index contributed by atoms with van der Waals surface area (Å²) in [5.41, 5.74) is 4.64. The second-order valence-corrected chi connectivity index (χ2v) is 6.79. The van der Waals surface area contributed by atoms with Gasteiger partial charge >= 0.3 is 0 Å². The van der Waals surface area contributed by atoms with Crippen LogP contribution in [0.2, 0.25) is 0 Å². The number of aryl methyl sites for hydroxylation is 2. The van der Waals surface area contributed by atoms with Crippen LogP contribution in [0.15, 0.2) is 42.5 Å². The van der Waals surface area contributed by atoms with Crippen LogP contribution in [0.1, 0.15) is 23.1 Å². The highest BCUT2D eigenvalue weighted by atomic mass is 32.2. The summed E-state index contributed by atoms with van der Waals surface area (Å²) in [6.07, 6.45) is 3.42. The van der Waals surface area contributed by atoms with Crippen molar-refractivity contribution in [2.45, 2.75) is 25.0 Å². The van der Waals surface area contributed by atoms with Gasteiger partial charge in [-0.2, -0.15) is 0 Å². The molecule has 0 aliphatic heterocycles. The van der Waals surface area contributed by atoms with Gasteiger partial charge in [-0.25, -0.2) is 0 Å². The van der Waals surface area contributed by atoms with E-state index in [0.29, 0.717) is 11.5 Å². The normalized spacial score (nSPS) is 12.7. The molecule has 3 rings (SSSR count). The third-order valence-electron chi connectivity index (χ3n) is 4.03. The fraction of sp³-hybridized carbons (Fsp3) is 0.278. The molecule has 0 saturated carbocycles. The lowest BCUT2D eigenvalue weighted by Gasteiger charge is -2.07. The molecular weight excluding hydrogens is 324 g/mol. The smallest absolute Gasteiger partial charge is 0.269 e. The number of hydrogen-bond donors (Lipinski definition) is 1. The fourth-order valence-electron chi connectivity index (χ4n) is 2.82. The first kappa shape index (κ1) is 16.5. The summed E-state index contributed by atoms with van der Waals surface area (Å²) in [5, 5.41) is 13.5. The largest absolute Gasteiger partial charge is 0.325 e. The Labute approximate surface area is 144 Å². The number of carbonyl (C=O) groups excluding carboxylic acids is 1. The summed E-state index contributed by atoms with van der Waals surface area (Å²) >= 11 is 1.49. The topological polar surface area (TPSA) is 72.2 Å². The maximum absolute atomic E-state index is 12.0.